The summed E-state index contributed by atoms with van der Waals surface area (Å²) in [5.41, 5.74) is 4.06. The van der Waals surface area contributed by atoms with Crippen LogP contribution < -0.4 is 4.90 Å². The fourth-order valence-electron chi connectivity index (χ4n) is 3.88. The van der Waals surface area contributed by atoms with E-state index in [9.17, 15) is 4.79 Å². The van der Waals surface area contributed by atoms with Crippen molar-refractivity contribution < 1.29 is 14.1 Å². The van der Waals surface area contributed by atoms with Gasteiger partial charge in [-0.15, -0.1) is 0 Å². The van der Waals surface area contributed by atoms with E-state index in [1.165, 1.54) is 5.56 Å². The van der Waals surface area contributed by atoms with Crippen molar-refractivity contribution in [1.82, 2.24) is 10.1 Å². The molecule has 2 heterocycles. The summed E-state index contributed by atoms with van der Waals surface area (Å²) in [6.07, 6.45) is 2.95. The molecule has 2 aromatic rings. The van der Waals surface area contributed by atoms with Gasteiger partial charge in [-0.25, -0.2) is 0 Å². The second-order valence-corrected chi connectivity index (χ2v) is 8.28. The lowest BCUT2D eigenvalue weighted by Gasteiger charge is -2.31. The lowest BCUT2D eigenvalue weighted by atomic mass is 10.0. The summed E-state index contributed by atoms with van der Waals surface area (Å²) < 4.78 is 11.4. The largest absolute Gasteiger partial charge is 0.378 e. The van der Waals surface area contributed by atoms with Gasteiger partial charge in [-0.1, -0.05) is 35.8 Å². The van der Waals surface area contributed by atoms with Crippen LogP contribution in [-0.4, -0.2) is 48.3 Å². The van der Waals surface area contributed by atoms with E-state index < -0.39 is 0 Å². The summed E-state index contributed by atoms with van der Waals surface area (Å²) in [6, 6.07) is 8.49. The molecule has 2 aliphatic rings. The third-order valence-electron chi connectivity index (χ3n) is 6.02. The highest BCUT2D eigenvalue weighted by atomic mass is 16.5. The first-order valence-electron chi connectivity index (χ1n) is 10.8. The van der Waals surface area contributed by atoms with Crippen molar-refractivity contribution in [3.8, 4) is 11.3 Å². The number of rotatable bonds is 7. The number of aromatic nitrogens is 1. The Morgan fingerprint density at radius 2 is 2.07 bits per heavy atom. The summed E-state index contributed by atoms with van der Waals surface area (Å²) in [6.45, 7) is 9.78. The Bertz CT molecular complexity index is 853. The first-order valence-corrected chi connectivity index (χ1v) is 10.8. The van der Waals surface area contributed by atoms with Crippen molar-refractivity contribution >= 4 is 11.8 Å². The molecule has 4 rings (SSSR count). The minimum absolute atomic E-state index is 0.181. The van der Waals surface area contributed by atoms with Gasteiger partial charge in [-0.2, -0.15) is 0 Å². The molecule has 0 spiro atoms. The zero-order valence-electron chi connectivity index (χ0n) is 17.7. The summed E-state index contributed by atoms with van der Waals surface area (Å²) in [4.78, 5) is 17.3. The predicted molar refractivity (Wildman–Crippen MR) is 113 cm³/mol. The van der Waals surface area contributed by atoms with Gasteiger partial charge >= 0.3 is 0 Å². The molecule has 6 nitrogen and oxygen atoms in total. The Kier molecular flexibility index (Phi) is 5.90. The van der Waals surface area contributed by atoms with Crippen LogP contribution in [0.25, 0.3) is 11.3 Å². The number of anilines is 1. The third kappa shape index (κ3) is 4.32. The Balaban J connectivity index is 1.73. The molecule has 1 aliphatic carbocycles. The molecule has 1 amide bonds. The molecule has 1 aromatic carbocycles. The van der Waals surface area contributed by atoms with Gasteiger partial charge in [0.05, 0.1) is 25.3 Å². The highest BCUT2D eigenvalue weighted by Gasteiger charge is 2.36. The van der Waals surface area contributed by atoms with Crippen LogP contribution in [-0.2, 0) is 16.1 Å². The number of nitrogens with zero attached hydrogens (tertiary/aromatic N) is 3. The third-order valence-corrected chi connectivity index (χ3v) is 6.02. The van der Waals surface area contributed by atoms with Crippen molar-refractivity contribution in [3.63, 3.8) is 0 Å². The predicted octanol–water partition coefficient (Wildman–Crippen LogP) is 4.02. The SMILES string of the molecule is CC[C@H](C)N(Cc1c(-c2cccc(C)c2)noc1N1CCOCC1)C(=O)C1CC1. The number of hydrogen-bond donors (Lipinski definition) is 0. The smallest absolute Gasteiger partial charge is 0.233 e. The van der Waals surface area contributed by atoms with Gasteiger partial charge in [-0.05, 0) is 39.2 Å². The van der Waals surface area contributed by atoms with Gasteiger partial charge in [0.1, 0.15) is 5.69 Å². The van der Waals surface area contributed by atoms with Crippen LogP contribution >= 0.6 is 0 Å². The van der Waals surface area contributed by atoms with Crippen LogP contribution in [0.1, 0.15) is 44.2 Å². The fourth-order valence-corrected chi connectivity index (χ4v) is 3.88. The van der Waals surface area contributed by atoms with Crippen molar-refractivity contribution in [2.24, 2.45) is 5.92 Å². The van der Waals surface area contributed by atoms with Crippen LogP contribution in [0.15, 0.2) is 28.8 Å². The maximum absolute atomic E-state index is 13.1. The zero-order valence-corrected chi connectivity index (χ0v) is 17.7. The number of hydrogen-bond acceptors (Lipinski definition) is 5. The molecule has 6 heteroatoms. The van der Waals surface area contributed by atoms with Crippen molar-refractivity contribution in [2.75, 3.05) is 31.2 Å². The maximum atomic E-state index is 13.1. The molecule has 1 aromatic heterocycles. The first-order chi connectivity index (χ1) is 14.1. The molecule has 0 N–H and O–H groups in total. The molecule has 0 bridgehead atoms. The van der Waals surface area contributed by atoms with Crippen LogP contribution in [0.4, 0.5) is 5.88 Å². The number of carbonyl (C=O) groups is 1. The van der Waals surface area contributed by atoms with Crippen LogP contribution in [0.3, 0.4) is 0 Å². The molecule has 1 saturated carbocycles. The van der Waals surface area contributed by atoms with E-state index in [2.05, 4.69) is 49.0 Å². The molecule has 156 valence electrons. The zero-order chi connectivity index (χ0) is 20.4. The Labute approximate surface area is 172 Å². The van der Waals surface area contributed by atoms with Crippen molar-refractivity contribution in [2.45, 2.75) is 52.6 Å². The summed E-state index contributed by atoms with van der Waals surface area (Å²) in [7, 11) is 0. The topological polar surface area (TPSA) is 58.8 Å². The highest BCUT2D eigenvalue weighted by molar-refractivity contribution is 5.82. The highest BCUT2D eigenvalue weighted by Crippen LogP contribution is 2.37. The molecule has 0 unspecified atom stereocenters. The summed E-state index contributed by atoms with van der Waals surface area (Å²) >= 11 is 0. The number of morpholine rings is 1. The number of benzene rings is 1. The number of carbonyl (C=O) groups excluding carboxylic acids is 1. The molecule has 29 heavy (non-hydrogen) atoms. The van der Waals surface area contributed by atoms with E-state index in [0.717, 1.165) is 55.1 Å². The van der Waals surface area contributed by atoms with E-state index in [1.54, 1.807) is 0 Å². The molecule has 1 aliphatic heterocycles. The fraction of sp³-hybridized carbons (Fsp3) is 0.565. The minimum atomic E-state index is 0.181. The summed E-state index contributed by atoms with van der Waals surface area (Å²) in [5, 5.41) is 4.47. The summed E-state index contributed by atoms with van der Waals surface area (Å²) in [5.74, 6) is 1.24. The number of aryl methyl sites for hydroxylation is 1. The van der Waals surface area contributed by atoms with Gasteiger partial charge in [0, 0.05) is 30.6 Å². The van der Waals surface area contributed by atoms with Gasteiger partial charge < -0.3 is 19.1 Å². The van der Waals surface area contributed by atoms with Gasteiger partial charge in [0.25, 0.3) is 0 Å². The number of amides is 1. The van der Waals surface area contributed by atoms with Gasteiger partial charge in [0.2, 0.25) is 11.8 Å². The number of ether oxygens (including phenoxy) is 1. The second-order valence-electron chi connectivity index (χ2n) is 8.28. The Morgan fingerprint density at radius 1 is 1.31 bits per heavy atom. The average Bonchev–Trinajstić information content (AvgIpc) is 3.51. The van der Waals surface area contributed by atoms with E-state index in [1.807, 2.05) is 11.0 Å². The quantitative estimate of drug-likeness (QED) is 0.706. The van der Waals surface area contributed by atoms with E-state index in [0.29, 0.717) is 19.8 Å². The molecule has 0 radical (unpaired) electrons. The Hall–Kier alpha value is -2.34. The van der Waals surface area contributed by atoms with Crippen LogP contribution in [0.2, 0.25) is 0 Å². The monoisotopic (exact) mass is 397 g/mol. The first kappa shape index (κ1) is 20.0. The van der Waals surface area contributed by atoms with Crippen LogP contribution in [0, 0.1) is 12.8 Å². The minimum Gasteiger partial charge on any atom is -0.378 e. The van der Waals surface area contributed by atoms with Crippen molar-refractivity contribution in [3.05, 3.63) is 35.4 Å². The van der Waals surface area contributed by atoms with Gasteiger partial charge in [0.15, 0.2) is 0 Å². The van der Waals surface area contributed by atoms with Crippen molar-refractivity contribution in [1.29, 1.82) is 0 Å². The van der Waals surface area contributed by atoms with E-state index >= 15 is 0 Å². The molecule has 2 fully saturated rings. The molecular weight excluding hydrogens is 366 g/mol. The lowest BCUT2D eigenvalue weighted by Crippen LogP contribution is -2.40. The average molecular weight is 398 g/mol. The standard InChI is InChI=1S/C23H31N3O3/c1-4-17(3)26(22(27)18-8-9-18)15-20-21(19-7-5-6-16(2)14-19)24-29-23(20)25-10-12-28-13-11-25/h5-7,14,17-18H,4,8-13,15H2,1-3H3/t17-/m0/s1. The molecule has 1 atom stereocenters. The van der Waals surface area contributed by atoms with Crippen LogP contribution in [0.5, 0.6) is 0 Å². The lowest BCUT2D eigenvalue weighted by molar-refractivity contribution is -0.135. The van der Waals surface area contributed by atoms with E-state index in [4.69, 9.17) is 9.26 Å². The molecular formula is C23H31N3O3. The Morgan fingerprint density at radius 3 is 2.72 bits per heavy atom. The second kappa shape index (κ2) is 8.57. The normalized spacial score (nSPS) is 18.0. The maximum Gasteiger partial charge on any atom is 0.233 e. The van der Waals surface area contributed by atoms with E-state index in [-0.39, 0.29) is 17.9 Å². The van der Waals surface area contributed by atoms with Gasteiger partial charge in [-0.3, -0.25) is 4.79 Å². The molecule has 1 saturated heterocycles.